The Balaban J connectivity index is 1.93. The molecule has 2 rings (SSSR count). The third-order valence-electron chi connectivity index (χ3n) is 2.54. The molecule has 0 unspecified atom stereocenters. The second-order valence-electron chi connectivity index (χ2n) is 4.12. The average molecular weight is 305 g/mol. The van der Waals surface area contributed by atoms with Crippen LogP contribution in [-0.4, -0.2) is 11.4 Å². The van der Waals surface area contributed by atoms with Gasteiger partial charge in [0.2, 0.25) is 0 Å². The second kappa shape index (κ2) is 7.54. The third kappa shape index (κ3) is 5.00. The maximum Gasteiger partial charge on any atom is 0.180 e. The molecule has 0 heterocycles. The van der Waals surface area contributed by atoms with Gasteiger partial charge in [-0.3, -0.25) is 0 Å². The Hall–Kier alpha value is -2.21. The van der Waals surface area contributed by atoms with Crippen LogP contribution in [0.5, 0.6) is 0 Å². The van der Waals surface area contributed by atoms with Gasteiger partial charge in [0.15, 0.2) is 5.17 Å². The van der Waals surface area contributed by atoms with E-state index in [2.05, 4.69) is 10.2 Å². The molecule has 108 valence electrons. The van der Waals surface area contributed by atoms with Gasteiger partial charge in [-0.25, -0.2) is 8.78 Å². The van der Waals surface area contributed by atoms with Gasteiger partial charge in [-0.15, -0.1) is 5.10 Å². The van der Waals surface area contributed by atoms with E-state index in [1.54, 1.807) is 0 Å². The molecule has 6 heteroatoms. The summed E-state index contributed by atoms with van der Waals surface area (Å²) in [5.74, 6) is -0.431. The first-order valence-corrected chi connectivity index (χ1v) is 7.12. The first-order valence-electron chi connectivity index (χ1n) is 6.13. The Morgan fingerprint density at radius 2 is 1.90 bits per heavy atom. The van der Waals surface area contributed by atoms with Crippen LogP contribution in [0.2, 0.25) is 0 Å². The minimum absolute atomic E-state index is 0.0274. The SMILES string of the molecule is NC(=NN=Cc1cc(F)ccc1F)SCc1ccccc1. The summed E-state index contributed by atoms with van der Waals surface area (Å²) in [5.41, 5.74) is 6.82. The smallest absolute Gasteiger partial charge is 0.180 e. The lowest BCUT2D eigenvalue weighted by molar-refractivity contribution is 0.598. The van der Waals surface area contributed by atoms with E-state index in [1.807, 2.05) is 30.3 Å². The Labute approximate surface area is 125 Å². The predicted octanol–water partition coefficient (Wildman–Crippen LogP) is 3.55. The zero-order valence-electron chi connectivity index (χ0n) is 11.0. The van der Waals surface area contributed by atoms with E-state index >= 15 is 0 Å². The van der Waals surface area contributed by atoms with Gasteiger partial charge in [0, 0.05) is 11.3 Å². The number of hydrogen-bond acceptors (Lipinski definition) is 3. The Morgan fingerprint density at radius 3 is 2.67 bits per heavy atom. The van der Waals surface area contributed by atoms with Crippen molar-refractivity contribution in [3.05, 3.63) is 71.3 Å². The van der Waals surface area contributed by atoms with E-state index in [4.69, 9.17) is 5.73 Å². The van der Waals surface area contributed by atoms with Crippen LogP contribution in [-0.2, 0) is 5.75 Å². The first-order chi connectivity index (χ1) is 10.1. The molecule has 0 radical (unpaired) electrons. The molecule has 0 fully saturated rings. The molecular formula is C15H13F2N3S. The third-order valence-corrected chi connectivity index (χ3v) is 3.40. The molecule has 3 nitrogen and oxygen atoms in total. The van der Waals surface area contributed by atoms with E-state index in [-0.39, 0.29) is 10.7 Å². The molecule has 0 aliphatic carbocycles. The number of hydrogen-bond donors (Lipinski definition) is 1. The van der Waals surface area contributed by atoms with Crippen LogP contribution in [0.3, 0.4) is 0 Å². The highest BCUT2D eigenvalue weighted by Gasteiger charge is 2.00. The topological polar surface area (TPSA) is 50.7 Å². The molecule has 2 aromatic carbocycles. The van der Waals surface area contributed by atoms with Gasteiger partial charge in [0.05, 0.1) is 6.21 Å². The largest absolute Gasteiger partial charge is 0.377 e. The quantitative estimate of drug-likeness (QED) is 0.533. The minimum atomic E-state index is -0.564. The molecule has 0 atom stereocenters. The lowest BCUT2D eigenvalue weighted by Gasteiger charge is -1.99. The van der Waals surface area contributed by atoms with Gasteiger partial charge in [-0.05, 0) is 23.8 Å². The standard InChI is InChI=1S/C15H13F2N3S/c16-13-6-7-14(17)12(8-13)9-19-20-15(18)21-10-11-4-2-1-3-5-11/h1-9H,10H2,(H2,18,20). The maximum atomic E-state index is 13.3. The predicted molar refractivity (Wildman–Crippen MR) is 83.3 cm³/mol. The minimum Gasteiger partial charge on any atom is -0.377 e. The fourth-order valence-electron chi connectivity index (χ4n) is 1.52. The van der Waals surface area contributed by atoms with Crippen LogP contribution in [0, 0.1) is 11.6 Å². The van der Waals surface area contributed by atoms with E-state index in [0.717, 1.165) is 30.0 Å². The van der Waals surface area contributed by atoms with Gasteiger partial charge in [-0.2, -0.15) is 5.10 Å². The van der Waals surface area contributed by atoms with Crippen LogP contribution in [0.25, 0.3) is 0 Å². The van der Waals surface area contributed by atoms with Crippen molar-refractivity contribution in [3.63, 3.8) is 0 Å². The zero-order chi connectivity index (χ0) is 15.1. The van der Waals surface area contributed by atoms with Gasteiger partial charge < -0.3 is 5.73 Å². The van der Waals surface area contributed by atoms with E-state index in [9.17, 15) is 8.78 Å². The summed E-state index contributed by atoms with van der Waals surface area (Å²) >= 11 is 1.32. The normalized spacial score (nSPS) is 12.0. The van der Waals surface area contributed by atoms with Crippen LogP contribution < -0.4 is 5.73 Å². The van der Waals surface area contributed by atoms with Crippen molar-refractivity contribution in [1.29, 1.82) is 0 Å². The number of benzene rings is 2. The maximum absolute atomic E-state index is 13.3. The summed E-state index contributed by atoms with van der Waals surface area (Å²) in [6, 6.07) is 12.9. The molecular weight excluding hydrogens is 292 g/mol. The summed E-state index contributed by atoms with van der Waals surface area (Å²) in [7, 11) is 0. The Kier molecular flexibility index (Phi) is 5.45. The fraction of sp³-hybridized carbons (Fsp3) is 0.0667. The molecule has 0 bridgehead atoms. The number of amidine groups is 1. The zero-order valence-corrected chi connectivity index (χ0v) is 11.9. The molecule has 0 aliphatic rings. The highest BCUT2D eigenvalue weighted by atomic mass is 32.2. The molecule has 0 aliphatic heterocycles. The Morgan fingerprint density at radius 1 is 1.14 bits per heavy atom. The van der Waals surface area contributed by atoms with Crippen molar-refractivity contribution < 1.29 is 8.78 Å². The Bertz CT molecular complexity index is 657. The lowest BCUT2D eigenvalue weighted by atomic mass is 10.2. The van der Waals surface area contributed by atoms with Gasteiger partial charge in [0.1, 0.15) is 11.6 Å². The van der Waals surface area contributed by atoms with Crippen LogP contribution in [0.15, 0.2) is 58.7 Å². The molecule has 2 aromatic rings. The van der Waals surface area contributed by atoms with Crippen molar-refractivity contribution >= 4 is 23.1 Å². The van der Waals surface area contributed by atoms with E-state index < -0.39 is 11.6 Å². The summed E-state index contributed by atoms with van der Waals surface area (Å²) in [4.78, 5) is 0. The summed E-state index contributed by atoms with van der Waals surface area (Å²) < 4.78 is 26.3. The van der Waals surface area contributed by atoms with Crippen molar-refractivity contribution in [2.24, 2.45) is 15.9 Å². The number of halogens is 2. The molecule has 0 saturated carbocycles. The highest BCUT2D eigenvalue weighted by Crippen LogP contribution is 2.12. The summed E-state index contributed by atoms with van der Waals surface area (Å²) in [5, 5.41) is 7.67. The molecule has 21 heavy (non-hydrogen) atoms. The van der Waals surface area contributed by atoms with Gasteiger partial charge in [0.25, 0.3) is 0 Å². The van der Waals surface area contributed by atoms with E-state index in [1.165, 1.54) is 11.8 Å². The van der Waals surface area contributed by atoms with E-state index in [0.29, 0.717) is 5.75 Å². The summed E-state index contributed by atoms with van der Waals surface area (Å²) in [6.07, 6.45) is 1.13. The van der Waals surface area contributed by atoms with Crippen LogP contribution >= 0.6 is 11.8 Å². The second-order valence-corrected chi connectivity index (χ2v) is 5.12. The van der Waals surface area contributed by atoms with Gasteiger partial charge >= 0.3 is 0 Å². The number of rotatable bonds is 4. The number of nitrogens with zero attached hydrogens (tertiary/aromatic N) is 2. The monoisotopic (exact) mass is 305 g/mol. The highest BCUT2D eigenvalue weighted by molar-refractivity contribution is 8.13. The lowest BCUT2D eigenvalue weighted by Crippen LogP contribution is -2.06. The number of thioether (sulfide) groups is 1. The molecule has 0 spiro atoms. The molecule has 0 saturated heterocycles. The molecule has 2 N–H and O–H groups in total. The van der Waals surface area contributed by atoms with Crippen molar-refractivity contribution in [2.75, 3.05) is 0 Å². The van der Waals surface area contributed by atoms with Crippen molar-refractivity contribution in [3.8, 4) is 0 Å². The van der Waals surface area contributed by atoms with Crippen LogP contribution in [0.4, 0.5) is 8.78 Å². The fourth-order valence-corrected chi connectivity index (χ4v) is 2.13. The van der Waals surface area contributed by atoms with Crippen LogP contribution in [0.1, 0.15) is 11.1 Å². The number of nitrogens with two attached hydrogens (primary N) is 1. The first kappa shape index (κ1) is 15.2. The summed E-state index contributed by atoms with van der Waals surface area (Å²) in [6.45, 7) is 0. The molecule has 0 aromatic heterocycles. The molecule has 0 amide bonds. The van der Waals surface area contributed by atoms with Crippen molar-refractivity contribution in [2.45, 2.75) is 5.75 Å². The average Bonchev–Trinajstić information content (AvgIpc) is 2.50. The van der Waals surface area contributed by atoms with Gasteiger partial charge in [-0.1, -0.05) is 42.1 Å². The van der Waals surface area contributed by atoms with Crippen molar-refractivity contribution in [1.82, 2.24) is 0 Å².